The molecule has 28 heavy (non-hydrogen) atoms. The van der Waals surface area contributed by atoms with Gasteiger partial charge in [-0.3, -0.25) is 9.89 Å². The first-order valence-electron chi connectivity index (χ1n) is 8.79. The second-order valence-corrected chi connectivity index (χ2v) is 7.88. The number of carbonyl (C=O) groups is 2. The summed E-state index contributed by atoms with van der Waals surface area (Å²) in [6, 6.07) is 7.95. The molecular formula is C20H22N4O3S. The number of thioether (sulfide) groups is 1. The Morgan fingerprint density at radius 1 is 1.14 bits per heavy atom. The van der Waals surface area contributed by atoms with Crippen molar-refractivity contribution in [1.29, 1.82) is 0 Å². The van der Waals surface area contributed by atoms with E-state index in [1.54, 1.807) is 20.8 Å². The number of rotatable bonds is 6. The first kappa shape index (κ1) is 19.9. The van der Waals surface area contributed by atoms with Gasteiger partial charge in [-0.05, 0) is 33.3 Å². The number of nitrogens with zero attached hydrogens (tertiary/aromatic N) is 2. The summed E-state index contributed by atoms with van der Waals surface area (Å²) in [6.07, 6.45) is 0. The van der Waals surface area contributed by atoms with Crippen LogP contribution in [-0.4, -0.2) is 44.3 Å². The highest BCUT2D eigenvalue weighted by atomic mass is 32.2. The van der Waals surface area contributed by atoms with Crippen LogP contribution in [0.5, 0.6) is 0 Å². The molecule has 8 heteroatoms. The molecular weight excluding hydrogens is 376 g/mol. The Bertz CT molecular complexity index is 1020. The van der Waals surface area contributed by atoms with Crippen molar-refractivity contribution >= 4 is 23.5 Å². The summed E-state index contributed by atoms with van der Waals surface area (Å²) < 4.78 is 4.80. The lowest BCUT2D eigenvalue weighted by Gasteiger charge is -2.07. The molecule has 0 spiro atoms. The van der Waals surface area contributed by atoms with Crippen molar-refractivity contribution in [2.45, 2.75) is 38.1 Å². The summed E-state index contributed by atoms with van der Waals surface area (Å²) in [5.41, 5.74) is 4.12. The molecule has 0 aliphatic rings. The first-order valence-corrected chi connectivity index (χ1v) is 9.67. The van der Waals surface area contributed by atoms with Gasteiger partial charge in [0.15, 0.2) is 11.6 Å². The lowest BCUT2D eigenvalue weighted by atomic mass is 10.1. The molecule has 1 aromatic carbocycles. The lowest BCUT2D eigenvalue weighted by Crippen LogP contribution is -2.15. The Kier molecular flexibility index (Phi) is 5.69. The quantitative estimate of drug-likeness (QED) is 0.371. The lowest BCUT2D eigenvalue weighted by molar-refractivity contribution is 0.0599. The monoisotopic (exact) mass is 398 g/mol. The zero-order valence-corrected chi connectivity index (χ0v) is 17.2. The van der Waals surface area contributed by atoms with E-state index in [0.29, 0.717) is 33.5 Å². The van der Waals surface area contributed by atoms with Crippen LogP contribution in [0.4, 0.5) is 0 Å². The van der Waals surface area contributed by atoms with E-state index < -0.39 is 11.2 Å². The van der Waals surface area contributed by atoms with Crippen molar-refractivity contribution in [3.63, 3.8) is 0 Å². The van der Waals surface area contributed by atoms with E-state index in [0.717, 1.165) is 5.56 Å². The number of benzene rings is 1. The highest BCUT2D eigenvalue weighted by Crippen LogP contribution is 2.27. The molecule has 0 amide bonds. The molecule has 0 aliphatic heterocycles. The fourth-order valence-electron chi connectivity index (χ4n) is 2.96. The van der Waals surface area contributed by atoms with Crippen molar-refractivity contribution in [3.05, 3.63) is 52.3 Å². The Balaban J connectivity index is 1.77. The third-order valence-corrected chi connectivity index (χ3v) is 5.48. The van der Waals surface area contributed by atoms with Crippen molar-refractivity contribution in [2.24, 2.45) is 0 Å². The number of esters is 1. The summed E-state index contributed by atoms with van der Waals surface area (Å²) >= 11 is 1.26. The number of aromatic amines is 2. The number of aromatic nitrogens is 4. The van der Waals surface area contributed by atoms with E-state index in [4.69, 9.17) is 4.74 Å². The standard InChI is InChI=1S/C20H22N4O3S/c1-10-6-8-14(9-7-10)18-22-20(24-23-18)28-13(4)17(25)16-11(2)15(12(3)21-16)19(26)27-5/h6-9,13,21H,1-5H3,(H,22,23,24)/t13-/m1/s1. The minimum absolute atomic E-state index is 0.123. The molecule has 0 unspecified atom stereocenters. The van der Waals surface area contributed by atoms with Gasteiger partial charge in [0.1, 0.15) is 0 Å². The summed E-state index contributed by atoms with van der Waals surface area (Å²) in [5, 5.41) is 7.18. The van der Waals surface area contributed by atoms with Crippen molar-refractivity contribution in [1.82, 2.24) is 20.2 Å². The molecule has 1 atom stereocenters. The van der Waals surface area contributed by atoms with E-state index in [1.165, 1.54) is 24.4 Å². The molecule has 0 radical (unpaired) electrons. The topological polar surface area (TPSA) is 101 Å². The third kappa shape index (κ3) is 3.87. The number of carbonyl (C=O) groups excluding carboxylic acids is 2. The fraction of sp³-hybridized carbons (Fsp3) is 0.300. The third-order valence-electron chi connectivity index (χ3n) is 4.51. The van der Waals surface area contributed by atoms with Crippen molar-refractivity contribution in [2.75, 3.05) is 7.11 Å². The Hall–Kier alpha value is -2.87. The highest BCUT2D eigenvalue weighted by Gasteiger charge is 2.26. The summed E-state index contributed by atoms with van der Waals surface area (Å²) in [7, 11) is 1.32. The normalized spacial score (nSPS) is 12.0. The second kappa shape index (κ2) is 8.02. The molecule has 3 aromatic rings. The first-order chi connectivity index (χ1) is 13.3. The molecule has 3 rings (SSSR count). The molecule has 0 fully saturated rings. The molecule has 146 valence electrons. The van der Waals surface area contributed by atoms with E-state index in [2.05, 4.69) is 20.2 Å². The Morgan fingerprint density at radius 3 is 2.46 bits per heavy atom. The van der Waals surface area contributed by atoms with Crippen LogP contribution >= 0.6 is 11.8 Å². The number of ketones is 1. The summed E-state index contributed by atoms with van der Waals surface area (Å²) in [4.78, 5) is 32.3. The summed E-state index contributed by atoms with van der Waals surface area (Å²) in [5.74, 6) is 0.0757. The SMILES string of the molecule is COC(=O)c1c(C)[nH]c(C(=O)[C@@H](C)Sc2n[nH]c(-c3ccc(C)cc3)n2)c1C. The van der Waals surface area contributed by atoms with Gasteiger partial charge in [-0.1, -0.05) is 41.6 Å². The van der Waals surface area contributed by atoms with E-state index in [1.807, 2.05) is 31.2 Å². The number of hydrogen-bond acceptors (Lipinski definition) is 6. The van der Waals surface area contributed by atoms with Crippen LogP contribution in [0.25, 0.3) is 11.4 Å². The van der Waals surface area contributed by atoms with Crippen LogP contribution in [0, 0.1) is 20.8 Å². The van der Waals surface area contributed by atoms with Crippen LogP contribution in [0.15, 0.2) is 29.4 Å². The van der Waals surface area contributed by atoms with Gasteiger partial charge in [0, 0.05) is 11.3 Å². The maximum absolute atomic E-state index is 12.9. The predicted octanol–water partition coefficient (Wildman–Crippen LogP) is 3.88. The molecule has 7 nitrogen and oxygen atoms in total. The van der Waals surface area contributed by atoms with E-state index >= 15 is 0 Å². The maximum atomic E-state index is 12.9. The number of Topliss-reactive ketones (excluding diaryl/α,β-unsaturated/α-hetero) is 1. The van der Waals surface area contributed by atoms with Gasteiger partial charge in [0.2, 0.25) is 5.16 Å². The number of aryl methyl sites for hydroxylation is 2. The van der Waals surface area contributed by atoms with Crippen LogP contribution in [0.3, 0.4) is 0 Å². The van der Waals surface area contributed by atoms with E-state index in [9.17, 15) is 9.59 Å². The zero-order valence-electron chi connectivity index (χ0n) is 16.4. The minimum Gasteiger partial charge on any atom is -0.465 e. The molecule has 2 N–H and O–H groups in total. The van der Waals surface area contributed by atoms with Crippen LogP contribution in [-0.2, 0) is 4.74 Å². The fourth-order valence-corrected chi connectivity index (χ4v) is 3.74. The van der Waals surface area contributed by atoms with Crippen LogP contribution in [0.1, 0.15) is 44.6 Å². The number of hydrogen-bond donors (Lipinski definition) is 2. The largest absolute Gasteiger partial charge is 0.465 e. The van der Waals surface area contributed by atoms with Gasteiger partial charge in [0.05, 0.1) is 23.6 Å². The van der Waals surface area contributed by atoms with Gasteiger partial charge in [-0.25, -0.2) is 9.78 Å². The van der Waals surface area contributed by atoms with Gasteiger partial charge in [-0.2, -0.15) is 0 Å². The molecule has 2 aromatic heterocycles. The molecule has 0 saturated heterocycles. The zero-order chi connectivity index (χ0) is 20.4. The summed E-state index contributed by atoms with van der Waals surface area (Å²) in [6.45, 7) is 7.30. The van der Waals surface area contributed by atoms with Gasteiger partial charge in [0.25, 0.3) is 0 Å². The van der Waals surface area contributed by atoms with E-state index in [-0.39, 0.29) is 5.78 Å². The molecule has 0 saturated carbocycles. The number of ether oxygens (including phenoxy) is 1. The van der Waals surface area contributed by atoms with Gasteiger partial charge >= 0.3 is 5.97 Å². The average Bonchev–Trinajstić information content (AvgIpc) is 3.25. The minimum atomic E-state index is -0.456. The van der Waals surface area contributed by atoms with Gasteiger partial charge in [-0.15, -0.1) is 5.10 Å². The Labute approximate surface area is 167 Å². The number of methoxy groups -OCH3 is 1. The highest BCUT2D eigenvalue weighted by molar-refractivity contribution is 8.00. The number of nitrogens with one attached hydrogen (secondary N) is 2. The van der Waals surface area contributed by atoms with Gasteiger partial charge < -0.3 is 9.72 Å². The molecule has 0 bridgehead atoms. The van der Waals surface area contributed by atoms with Crippen molar-refractivity contribution < 1.29 is 14.3 Å². The maximum Gasteiger partial charge on any atom is 0.339 e. The number of H-pyrrole nitrogens is 2. The molecule has 0 aliphatic carbocycles. The Morgan fingerprint density at radius 2 is 1.82 bits per heavy atom. The average molecular weight is 398 g/mol. The second-order valence-electron chi connectivity index (χ2n) is 6.57. The smallest absolute Gasteiger partial charge is 0.339 e. The van der Waals surface area contributed by atoms with Crippen molar-refractivity contribution in [3.8, 4) is 11.4 Å². The molecule has 2 heterocycles. The predicted molar refractivity (Wildman–Crippen MR) is 108 cm³/mol. The van der Waals surface area contributed by atoms with Crippen LogP contribution in [0.2, 0.25) is 0 Å². The van der Waals surface area contributed by atoms with Crippen LogP contribution < -0.4 is 0 Å².